The summed E-state index contributed by atoms with van der Waals surface area (Å²) in [5.74, 6) is 0.635. The van der Waals surface area contributed by atoms with Crippen LogP contribution in [0.5, 0.6) is 11.5 Å². The van der Waals surface area contributed by atoms with E-state index in [1.807, 2.05) is 50.2 Å². The first-order chi connectivity index (χ1) is 12.0. The van der Waals surface area contributed by atoms with E-state index in [0.29, 0.717) is 12.4 Å². The summed E-state index contributed by atoms with van der Waals surface area (Å²) >= 11 is 0. The standard InChI is InChI=1S/C19H22N2O4/c1-13-9-10-14(2)17(11-13)24-12-15-7-5-6-8-16(15)25-19(21-23-4)18(22)20-3/h5-11H,12H2,1-4H3,(H,20,22)/b21-19+. The van der Waals surface area contributed by atoms with Crippen LogP contribution in [0.4, 0.5) is 0 Å². The minimum atomic E-state index is -0.480. The summed E-state index contributed by atoms with van der Waals surface area (Å²) < 4.78 is 11.5. The molecule has 6 nitrogen and oxygen atoms in total. The molecule has 0 aliphatic carbocycles. The maximum Gasteiger partial charge on any atom is 0.321 e. The van der Waals surface area contributed by atoms with E-state index in [0.717, 1.165) is 22.4 Å². The molecular formula is C19H22N2O4. The van der Waals surface area contributed by atoms with Crippen LogP contribution in [0.15, 0.2) is 47.6 Å². The van der Waals surface area contributed by atoms with Crippen molar-refractivity contribution in [3.05, 3.63) is 59.2 Å². The quantitative estimate of drug-likeness (QED) is 0.515. The van der Waals surface area contributed by atoms with Crippen molar-refractivity contribution in [1.82, 2.24) is 5.32 Å². The smallest absolute Gasteiger partial charge is 0.321 e. The SMILES string of the molecule is CNC(=O)/C(=N\OC)Oc1ccccc1COc1cc(C)ccc1C. The largest absolute Gasteiger partial charge is 0.488 e. The van der Waals surface area contributed by atoms with Gasteiger partial charge in [-0.3, -0.25) is 4.79 Å². The zero-order valence-electron chi connectivity index (χ0n) is 14.8. The van der Waals surface area contributed by atoms with Crippen LogP contribution in [-0.4, -0.2) is 26.0 Å². The third-order valence-corrected chi connectivity index (χ3v) is 3.50. The van der Waals surface area contributed by atoms with E-state index in [9.17, 15) is 4.79 Å². The lowest BCUT2D eigenvalue weighted by Gasteiger charge is -2.14. The van der Waals surface area contributed by atoms with Crippen LogP contribution >= 0.6 is 0 Å². The molecule has 0 atom stereocenters. The minimum Gasteiger partial charge on any atom is -0.488 e. The average Bonchev–Trinajstić information content (AvgIpc) is 2.62. The Balaban J connectivity index is 2.18. The van der Waals surface area contributed by atoms with Crippen molar-refractivity contribution in [2.45, 2.75) is 20.5 Å². The Morgan fingerprint density at radius 1 is 1.12 bits per heavy atom. The van der Waals surface area contributed by atoms with E-state index in [1.165, 1.54) is 14.2 Å². The molecule has 0 aliphatic heterocycles. The molecule has 6 heteroatoms. The highest BCUT2D eigenvalue weighted by Crippen LogP contribution is 2.24. The van der Waals surface area contributed by atoms with Crippen LogP contribution in [0.1, 0.15) is 16.7 Å². The highest BCUT2D eigenvalue weighted by atomic mass is 16.6. The van der Waals surface area contributed by atoms with Crippen LogP contribution in [0.2, 0.25) is 0 Å². The molecule has 0 radical (unpaired) electrons. The van der Waals surface area contributed by atoms with Gasteiger partial charge in [-0.25, -0.2) is 0 Å². The Morgan fingerprint density at radius 3 is 2.60 bits per heavy atom. The number of amides is 1. The third kappa shape index (κ3) is 4.97. The van der Waals surface area contributed by atoms with Crippen molar-refractivity contribution in [2.24, 2.45) is 5.16 Å². The van der Waals surface area contributed by atoms with E-state index in [1.54, 1.807) is 6.07 Å². The molecule has 0 saturated carbocycles. The van der Waals surface area contributed by atoms with Gasteiger partial charge in [0.1, 0.15) is 25.2 Å². The summed E-state index contributed by atoms with van der Waals surface area (Å²) in [5, 5.41) is 6.07. The molecule has 1 N–H and O–H groups in total. The molecule has 132 valence electrons. The average molecular weight is 342 g/mol. The van der Waals surface area contributed by atoms with Gasteiger partial charge in [0.25, 0.3) is 0 Å². The predicted octanol–water partition coefficient (Wildman–Crippen LogP) is 2.97. The van der Waals surface area contributed by atoms with E-state index in [2.05, 4.69) is 15.3 Å². The Labute approximate surface area is 147 Å². The highest BCUT2D eigenvalue weighted by Gasteiger charge is 2.16. The van der Waals surface area contributed by atoms with Crippen molar-refractivity contribution < 1.29 is 19.1 Å². The minimum absolute atomic E-state index is 0.177. The lowest BCUT2D eigenvalue weighted by molar-refractivity contribution is -0.115. The number of para-hydroxylation sites is 1. The van der Waals surface area contributed by atoms with Crippen molar-refractivity contribution in [2.75, 3.05) is 14.2 Å². The second kappa shape index (κ2) is 8.73. The van der Waals surface area contributed by atoms with Gasteiger partial charge in [0.15, 0.2) is 0 Å². The van der Waals surface area contributed by atoms with Gasteiger partial charge >= 0.3 is 11.8 Å². The number of ether oxygens (including phenoxy) is 2. The molecular weight excluding hydrogens is 320 g/mol. The van der Waals surface area contributed by atoms with Crippen molar-refractivity contribution in [1.29, 1.82) is 0 Å². The first kappa shape index (κ1) is 18.3. The van der Waals surface area contributed by atoms with E-state index >= 15 is 0 Å². The monoisotopic (exact) mass is 342 g/mol. The Bertz CT molecular complexity index is 772. The molecule has 0 spiro atoms. The summed E-state index contributed by atoms with van der Waals surface area (Å²) in [6, 6.07) is 13.3. The number of carbonyl (C=O) groups excluding carboxylic acids is 1. The number of hydrogen-bond donors (Lipinski definition) is 1. The Kier molecular flexibility index (Phi) is 6.39. The van der Waals surface area contributed by atoms with Gasteiger partial charge in [0, 0.05) is 12.6 Å². The number of likely N-dealkylation sites (N-methyl/N-ethyl adjacent to an activating group) is 1. The Hall–Kier alpha value is -3.02. The van der Waals surface area contributed by atoms with Crippen molar-refractivity contribution in [3.8, 4) is 11.5 Å². The first-order valence-electron chi connectivity index (χ1n) is 7.84. The van der Waals surface area contributed by atoms with Gasteiger partial charge in [-0.15, -0.1) is 0 Å². The second-order valence-electron chi connectivity index (χ2n) is 5.43. The van der Waals surface area contributed by atoms with Gasteiger partial charge in [0.2, 0.25) is 0 Å². The molecule has 0 unspecified atom stereocenters. The molecule has 2 aromatic rings. The summed E-state index contributed by atoms with van der Waals surface area (Å²) in [4.78, 5) is 16.5. The predicted molar refractivity (Wildman–Crippen MR) is 95.8 cm³/mol. The lowest BCUT2D eigenvalue weighted by Crippen LogP contribution is -2.32. The van der Waals surface area contributed by atoms with Gasteiger partial charge < -0.3 is 19.6 Å². The molecule has 0 aliphatic rings. The molecule has 0 bridgehead atoms. The van der Waals surface area contributed by atoms with Crippen molar-refractivity contribution in [3.63, 3.8) is 0 Å². The normalized spacial score (nSPS) is 11.0. The summed E-state index contributed by atoms with van der Waals surface area (Å²) in [5.41, 5.74) is 2.96. The fraction of sp³-hybridized carbons (Fsp3) is 0.263. The third-order valence-electron chi connectivity index (χ3n) is 3.50. The fourth-order valence-corrected chi connectivity index (χ4v) is 2.14. The molecule has 2 aromatic carbocycles. The van der Waals surface area contributed by atoms with Gasteiger partial charge in [0.05, 0.1) is 0 Å². The first-order valence-corrected chi connectivity index (χ1v) is 7.84. The number of nitrogens with zero attached hydrogens (tertiary/aromatic N) is 1. The molecule has 0 heterocycles. The van der Waals surface area contributed by atoms with Gasteiger partial charge in [-0.2, -0.15) is 0 Å². The van der Waals surface area contributed by atoms with Crippen molar-refractivity contribution >= 4 is 11.8 Å². The zero-order valence-corrected chi connectivity index (χ0v) is 14.8. The number of aryl methyl sites for hydroxylation is 2. The van der Waals surface area contributed by atoms with Crippen LogP contribution in [0.25, 0.3) is 0 Å². The number of carbonyl (C=O) groups is 1. The maximum atomic E-state index is 11.8. The molecule has 2 rings (SSSR count). The van der Waals surface area contributed by atoms with Crippen LogP contribution in [-0.2, 0) is 16.2 Å². The van der Waals surface area contributed by atoms with Crippen LogP contribution < -0.4 is 14.8 Å². The Morgan fingerprint density at radius 2 is 1.88 bits per heavy atom. The number of rotatable bonds is 5. The number of oxime groups is 1. The number of nitrogens with one attached hydrogen (secondary N) is 1. The fourth-order valence-electron chi connectivity index (χ4n) is 2.14. The molecule has 0 aromatic heterocycles. The maximum absolute atomic E-state index is 11.8. The summed E-state index contributed by atoms with van der Waals surface area (Å²) in [6.07, 6.45) is 0. The zero-order chi connectivity index (χ0) is 18.2. The number of benzene rings is 2. The number of hydrogen-bond acceptors (Lipinski definition) is 5. The lowest BCUT2D eigenvalue weighted by atomic mass is 10.1. The van der Waals surface area contributed by atoms with Crippen LogP contribution in [0.3, 0.4) is 0 Å². The molecule has 0 fully saturated rings. The van der Waals surface area contributed by atoms with Gasteiger partial charge in [-0.1, -0.05) is 30.3 Å². The molecule has 25 heavy (non-hydrogen) atoms. The molecule has 0 saturated heterocycles. The topological polar surface area (TPSA) is 69.2 Å². The molecule has 1 amide bonds. The summed E-state index contributed by atoms with van der Waals surface area (Å²) in [6.45, 7) is 4.31. The van der Waals surface area contributed by atoms with Gasteiger partial charge in [-0.05, 0) is 42.3 Å². The second-order valence-corrected chi connectivity index (χ2v) is 5.43. The van der Waals surface area contributed by atoms with Crippen LogP contribution in [0, 0.1) is 13.8 Å². The van der Waals surface area contributed by atoms with E-state index < -0.39 is 5.91 Å². The highest BCUT2D eigenvalue weighted by molar-refractivity contribution is 6.35. The summed E-state index contributed by atoms with van der Waals surface area (Å²) in [7, 11) is 2.84. The van der Waals surface area contributed by atoms with E-state index in [-0.39, 0.29) is 5.90 Å². The van der Waals surface area contributed by atoms with E-state index in [4.69, 9.17) is 9.47 Å².